The molecule has 1 aliphatic carbocycles. The van der Waals surface area contributed by atoms with E-state index < -0.39 is 0 Å². The Kier molecular flexibility index (Phi) is 5.08. The van der Waals surface area contributed by atoms with Gasteiger partial charge >= 0.3 is 0 Å². The van der Waals surface area contributed by atoms with Crippen LogP contribution in [0, 0.1) is 0 Å². The van der Waals surface area contributed by atoms with E-state index in [4.69, 9.17) is 9.47 Å². The molecule has 1 saturated carbocycles. The van der Waals surface area contributed by atoms with E-state index in [1.165, 1.54) is 5.56 Å². The van der Waals surface area contributed by atoms with Crippen molar-refractivity contribution >= 4 is 5.91 Å². The minimum absolute atomic E-state index is 0.0913. The van der Waals surface area contributed by atoms with Crippen molar-refractivity contribution in [2.75, 3.05) is 20.3 Å². The quantitative estimate of drug-likeness (QED) is 0.747. The minimum atomic E-state index is -0.101. The Labute approximate surface area is 148 Å². The Hall–Kier alpha value is -2.75. The van der Waals surface area contributed by atoms with E-state index in [9.17, 15) is 4.79 Å². The third-order valence-electron chi connectivity index (χ3n) is 4.61. The van der Waals surface area contributed by atoms with Gasteiger partial charge in [0.15, 0.2) is 11.5 Å². The summed E-state index contributed by atoms with van der Waals surface area (Å²) in [5.41, 5.74) is 1.95. The molecule has 0 aliphatic heterocycles. The van der Waals surface area contributed by atoms with E-state index >= 15 is 0 Å². The normalized spacial score (nSPS) is 14.4. The zero-order valence-electron chi connectivity index (χ0n) is 14.5. The third-order valence-corrected chi connectivity index (χ3v) is 4.61. The summed E-state index contributed by atoms with van der Waals surface area (Å²) < 4.78 is 10.8. The van der Waals surface area contributed by atoms with Crippen LogP contribution in [0.25, 0.3) is 0 Å². The van der Waals surface area contributed by atoms with Crippen LogP contribution >= 0.6 is 0 Å². The van der Waals surface area contributed by atoms with Crippen LogP contribution in [0.1, 0.15) is 28.8 Å². The van der Waals surface area contributed by atoms with Gasteiger partial charge < -0.3 is 14.8 Å². The molecule has 0 aromatic heterocycles. The number of ether oxygens (including phenoxy) is 2. The van der Waals surface area contributed by atoms with Crippen molar-refractivity contribution in [1.29, 1.82) is 0 Å². The van der Waals surface area contributed by atoms with Crippen LogP contribution in [0.4, 0.5) is 0 Å². The Balaban J connectivity index is 1.66. The zero-order chi connectivity index (χ0) is 17.7. The van der Waals surface area contributed by atoms with Gasteiger partial charge in [-0.2, -0.15) is 0 Å². The molecule has 1 aliphatic rings. The first-order valence-corrected chi connectivity index (χ1v) is 8.44. The summed E-state index contributed by atoms with van der Waals surface area (Å²) in [7, 11) is 1.56. The number of hydrogen-bond acceptors (Lipinski definition) is 3. The molecule has 0 bridgehead atoms. The highest BCUT2D eigenvalue weighted by Crippen LogP contribution is 2.47. The van der Waals surface area contributed by atoms with Crippen molar-refractivity contribution in [3.05, 3.63) is 72.3 Å². The summed E-state index contributed by atoms with van der Waals surface area (Å²) in [6.07, 6.45) is 3.88. The maximum Gasteiger partial charge on any atom is 0.251 e. The first kappa shape index (κ1) is 17.1. The second kappa shape index (κ2) is 7.43. The molecular formula is C21H23NO3. The van der Waals surface area contributed by atoms with E-state index in [2.05, 4.69) is 24.0 Å². The molecule has 0 heterocycles. The van der Waals surface area contributed by atoms with Crippen molar-refractivity contribution < 1.29 is 14.3 Å². The van der Waals surface area contributed by atoms with Gasteiger partial charge in [-0.25, -0.2) is 0 Å². The number of carbonyl (C=O) groups is 1. The summed E-state index contributed by atoms with van der Waals surface area (Å²) in [6.45, 7) is 4.66. The maximum atomic E-state index is 12.5. The van der Waals surface area contributed by atoms with Crippen molar-refractivity contribution in [3.63, 3.8) is 0 Å². The maximum absolute atomic E-state index is 12.5. The summed E-state index contributed by atoms with van der Waals surface area (Å²) >= 11 is 0. The molecule has 0 spiro atoms. The van der Waals surface area contributed by atoms with Crippen LogP contribution in [0.3, 0.4) is 0 Å². The van der Waals surface area contributed by atoms with Gasteiger partial charge in [0.05, 0.1) is 7.11 Å². The van der Waals surface area contributed by atoms with Crippen LogP contribution < -0.4 is 14.8 Å². The fourth-order valence-corrected chi connectivity index (χ4v) is 2.94. The van der Waals surface area contributed by atoms with Crippen molar-refractivity contribution in [3.8, 4) is 11.5 Å². The molecule has 0 saturated heterocycles. The van der Waals surface area contributed by atoms with Crippen molar-refractivity contribution in [1.82, 2.24) is 5.32 Å². The number of benzene rings is 2. The molecular weight excluding hydrogens is 314 g/mol. The van der Waals surface area contributed by atoms with Gasteiger partial charge in [0.25, 0.3) is 5.91 Å². The van der Waals surface area contributed by atoms with Gasteiger partial charge in [0, 0.05) is 17.5 Å². The van der Waals surface area contributed by atoms with E-state index in [-0.39, 0.29) is 11.3 Å². The average molecular weight is 337 g/mol. The topological polar surface area (TPSA) is 47.6 Å². The van der Waals surface area contributed by atoms with Crippen LogP contribution in [0.5, 0.6) is 11.5 Å². The van der Waals surface area contributed by atoms with Gasteiger partial charge in [-0.1, -0.05) is 43.0 Å². The van der Waals surface area contributed by atoms with E-state index in [1.807, 2.05) is 18.2 Å². The van der Waals surface area contributed by atoms with Gasteiger partial charge in [-0.05, 0) is 36.6 Å². The SMILES string of the molecule is C=CCOc1ccc(C(=O)NCC2(c3ccccc3)CC2)cc1OC. The van der Waals surface area contributed by atoms with Crippen LogP contribution in [0.15, 0.2) is 61.2 Å². The summed E-state index contributed by atoms with van der Waals surface area (Å²) in [5, 5.41) is 3.06. The number of methoxy groups -OCH3 is 1. The monoisotopic (exact) mass is 337 g/mol. The second-order valence-electron chi connectivity index (χ2n) is 6.29. The number of amides is 1. The van der Waals surface area contributed by atoms with Crippen molar-refractivity contribution in [2.24, 2.45) is 0 Å². The second-order valence-corrected chi connectivity index (χ2v) is 6.29. The molecule has 0 unspecified atom stereocenters. The Morgan fingerprint density at radius 2 is 1.96 bits per heavy atom. The fraction of sp³-hybridized carbons (Fsp3) is 0.286. The van der Waals surface area contributed by atoms with Crippen LogP contribution in [0.2, 0.25) is 0 Å². The summed E-state index contributed by atoms with van der Waals surface area (Å²) in [4.78, 5) is 12.5. The molecule has 1 N–H and O–H groups in total. The molecule has 2 aromatic carbocycles. The molecule has 25 heavy (non-hydrogen) atoms. The number of rotatable bonds is 8. The third kappa shape index (κ3) is 3.85. The predicted molar refractivity (Wildman–Crippen MR) is 98.4 cm³/mol. The average Bonchev–Trinajstić information content (AvgIpc) is 3.46. The molecule has 4 heteroatoms. The minimum Gasteiger partial charge on any atom is -0.493 e. The predicted octanol–water partition coefficient (Wildman–Crippen LogP) is 3.72. The Morgan fingerprint density at radius 1 is 1.20 bits per heavy atom. The van der Waals surface area contributed by atoms with E-state index in [1.54, 1.807) is 31.4 Å². The van der Waals surface area contributed by atoms with Gasteiger partial charge in [-0.3, -0.25) is 4.79 Å². The van der Waals surface area contributed by atoms with Crippen molar-refractivity contribution in [2.45, 2.75) is 18.3 Å². The van der Waals surface area contributed by atoms with Gasteiger partial charge in [-0.15, -0.1) is 0 Å². The molecule has 1 fully saturated rings. The molecule has 0 atom stereocenters. The van der Waals surface area contributed by atoms with Crippen LogP contribution in [-0.4, -0.2) is 26.2 Å². The lowest BCUT2D eigenvalue weighted by Gasteiger charge is -2.17. The number of hydrogen-bond donors (Lipinski definition) is 1. The lowest BCUT2D eigenvalue weighted by molar-refractivity contribution is 0.0949. The highest BCUT2D eigenvalue weighted by atomic mass is 16.5. The lowest BCUT2D eigenvalue weighted by Crippen LogP contribution is -2.32. The number of carbonyl (C=O) groups excluding carboxylic acids is 1. The highest BCUT2D eigenvalue weighted by Gasteiger charge is 2.44. The van der Waals surface area contributed by atoms with E-state index in [0.717, 1.165) is 12.8 Å². The molecule has 130 valence electrons. The number of nitrogens with one attached hydrogen (secondary N) is 1. The standard InChI is InChI=1S/C21H23NO3/c1-3-13-25-18-10-9-16(14-19(18)24-2)20(23)22-15-21(11-12-21)17-7-5-4-6-8-17/h3-10,14H,1,11-13,15H2,2H3,(H,22,23). The largest absolute Gasteiger partial charge is 0.493 e. The fourth-order valence-electron chi connectivity index (χ4n) is 2.94. The molecule has 3 rings (SSSR count). The Bertz CT molecular complexity index is 751. The first-order chi connectivity index (χ1) is 12.2. The molecule has 0 radical (unpaired) electrons. The van der Waals surface area contributed by atoms with Gasteiger partial charge in [0.2, 0.25) is 0 Å². The molecule has 2 aromatic rings. The van der Waals surface area contributed by atoms with E-state index in [0.29, 0.717) is 30.2 Å². The van der Waals surface area contributed by atoms with Gasteiger partial charge in [0.1, 0.15) is 6.61 Å². The smallest absolute Gasteiger partial charge is 0.251 e. The summed E-state index contributed by atoms with van der Waals surface area (Å²) in [6, 6.07) is 15.6. The highest BCUT2D eigenvalue weighted by molar-refractivity contribution is 5.95. The summed E-state index contributed by atoms with van der Waals surface area (Å²) in [5.74, 6) is 1.04. The molecule has 4 nitrogen and oxygen atoms in total. The lowest BCUT2D eigenvalue weighted by atomic mass is 9.96. The first-order valence-electron chi connectivity index (χ1n) is 8.44. The molecule has 1 amide bonds. The zero-order valence-corrected chi connectivity index (χ0v) is 14.5. The van der Waals surface area contributed by atoms with Crippen LogP contribution in [-0.2, 0) is 5.41 Å². The Morgan fingerprint density at radius 3 is 2.60 bits per heavy atom.